The van der Waals surface area contributed by atoms with Gasteiger partial charge in [0.1, 0.15) is 11.6 Å². The molecule has 2 rings (SSSR count). The fourth-order valence-corrected chi connectivity index (χ4v) is 2.55. The van der Waals surface area contributed by atoms with Crippen LogP contribution in [0.15, 0.2) is 53.5 Å². The lowest BCUT2D eigenvalue weighted by molar-refractivity contribution is -0.121. The Bertz CT molecular complexity index is 767. The molecule has 4 N–H and O–H groups in total. The molecule has 0 aliphatic rings. The number of hydrogen-bond acceptors (Lipinski definition) is 3. The second kappa shape index (κ2) is 12.2. The molecule has 1 atom stereocenters. The van der Waals surface area contributed by atoms with Crippen LogP contribution in [0, 0.1) is 11.7 Å². The zero-order valence-electron chi connectivity index (χ0n) is 15.9. The molecule has 28 heavy (non-hydrogen) atoms. The Morgan fingerprint density at radius 1 is 1.11 bits per heavy atom. The maximum Gasteiger partial charge on any atom is 0.222 e. The predicted octanol–water partition coefficient (Wildman–Crippen LogP) is 2.46. The third-order valence-corrected chi connectivity index (χ3v) is 4.16. The lowest BCUT2D eigenvalue weighted by Gasteiger charge is -2.17. The van der Waals surface area contributed by atoms with Crippen molar-refractivity contribution in [3.05, 3.63) is 65.5 Å². The molecular weight excluding hydrogens is 474 g/mol. The van der Waals surface area contributed by atoms with E-state index < -0.39 is 11.8 Å². The molecule has 0 heterocycles. The Morgan fingerprint density at radius 3 is 2.25 bits per heavy atom. The number of nitrogens with one attached hydrogen (secondary N) is 2. The van der Waals surface area contributed by atoms with Gasteiger partial charge in [0.05, 0.1) is 13.0 Å². The largest absolute Gasteiger partial charge is 0.497 e. The molecule has 0 bridgehead atoms. The summed E-state index contributed by atoms with van der Waals surface area (Å²) in [6.07, 6.45) is 0.429. The minimum Gasteiger partial charge on any atom is -0.497 e. The number of primary amides is 1. The van der Waals surface area contributed by atoms with E-state index in [1.165, 1.54) is 12.1 Å². The standard InChI is InChI=1S/C20H25FN4O2.HI/c1-23-20(24-12-15-5-9-18(27-2)10-6-15)25-13-16(19(22)26)11-14-3-7-17(21)8-4-14;/h3-10,16H,11-13H2,1-2H3,(H2,22,26)(H2,23,24,25);1H. The van der Waals surface area contributed by atoms with E-state index >= 15 is 0 Å². The number of hydrogen-bond donors (Lipinski definition) is 3. The quantitative estimate of drug-likeness (QED) is 0.295. The zero-order valence-corrected chi connectivity index (χ0v) is 18.3. The van der Waals surface area contributed by atoms with Crippen molar-refractivity contribution in [1.29, 1.82) is 0 Å². The molecule has 2 aromatic carbocycles. The molecule has 8 heteroatoms. The highest BCUT2D eigenvalue weighted by atomic mass is 127. The van der Waals surface area contributed by atoms with Gasteiger partial charge in [-0.2, -0.15) is 0 Å². The molecule has 0 aliphatic carbocycles. The molecule has 1 amide bonds. The third-order valence-electron chi connectivity index (χ3n) is 4.16. The number of rotatable bonds is 8. The number of carbonyl (C=O) groups excluding carboxylic acids is 1. The molecule has 0 saturated heterocycles. The van der Waals surface area contributed by atoms with Gasteiger partial charge in [0.2, 0.25) is 5.91 Å². The van der Waals surface area contributed by atoms with E-state index in [1.807, 2.05) is 24.3 Å². The molecule has 152 valence electrons. The molecule has 0 fully saturated rings. The number of amides is 1. The van der Waals surface area contributed by atoms with Gasteiger partial charge >= 0.3 is 0 Å². The first-order chi connectivity index (χ1) is 13.0. The van der Waals surface area contributed by atoms with Gasteiger partial charge < -0.3 is 21.1 Å². The second-order valence-electron chi connectivity index (χ2n) is 6.08. The van der Waals surface area contributed by atoms with Crippen molar-refractivity contribution in [3.8, 4) is 5.75 Å². The fraction of sp³-hybridized carbons (Fsp3) is 0.300. The van der Waals surface area contributed by atoms with Crippen LogP contribution >= 0.6 is 24.0 Å². The molecule has 0 spiro atoms. The zero-order chi connectivity index (χ0) is 19.6. The van der Waals surface area contributed by atoms with Crippen LogP contribution in [0.5, 0.6) is 5.75 Å². The summed E-state index contributed by atoms with van der Waals surface area (Å²) in [5.74, 6) is 0.200. The van der Waals surface area contributed by atoms with Crippen LogP contribution in [-0.2, 0) is 17.8 Å². The molecule has 0 aliphatic heterocycles. The highest BCUT2D eigenvalue weighted by Crippen LogP contribution is 2.11. The summed E-state index contributed by atoms with van der Waals surface area (Å²) in [7, 11) is 3.28. The molecule has 1 unspecified atom stereocenters. The van der Waals surface area contributed by atoms with Gasteiger partial charge in [0, 0.05) is 20.1 Å². The highest BCUT2D eigenvalue weighted by Gasteiger charge is 2.16. The van der Waals surface area contributed by atoms with Gasteiger partial charge in [-0.1, -0.05) is 24.3 Å². The predicted molar refractivity (Wildman–Crippen MR) is 119 cm³/mol. The summed E-state index contributed by atoms with van der Waals surface area (Å²) >= 11 is 0. The molecule has 6 nitrogen and oxygen atoms in total. The van der Waals surface area contributed by atoms with Gasteiger partial charge in [-0.05, 0) is 41.8 Å². The lowest BCUT2D eigenvalue weighted by atomic mass is 9.98. The van der Waals surface area contributed by atoms with Crippen LogP contribution in [0.1, 0.15) is 11.1 Å². The van der Waals surface area contributed by atoms with Gasteiger partial charge in [-0.15, -0.1) is 24.0 Å². The first kappa shape index (κ1) is 23.7. The summed E-state index contributed by atoms with van der Waals surface area (Å²) in [6, 6.07) is 13.7. The molecule has 0 radical (unpaired) electrons. The maximum atomic E-state index is 13.0. The number of nitrogens with two attached hydrogens (primary N) is 1. The average molecular weight is 500 g/mol. The van der Waals surface area contributed by atoms with Crippen LogP contribution in [0.25, 0.3) is 0 Å². The summed E-state index contributed by atoms with van der Waals surface area (Å²) in [4.78, 5) is 15.9. The summed E-state index contributed by atoms with van der Waals surface area (Å²) in [5, 5.41) is 6.30. The van der Waals surface area contributed by atoms with Crippen LogP contribution < -0.4 is 21.1 Å². The molecule has 2 aromatic rings. The van der Waals surface area contributed by atoms with Crippen LogP contribution in [-0.4, -0.2) is 32.6 Å². The number of nitrogens with zero attached hydrogens (tertiary/aromatic N) is 1. The Balaban J connectivity index is 0.00000392. The molecule has 0 saturated carbocycles. The van der Waals surface area contributed by atoms with Crippen molar-refractivity contribution in [3.63, 3.8) is 0 Å². The Hall–Kier alpha value is -2.36. The number of methoxy groups -OCH3 is 1. The number of aliphatic imine (C=N–C) groups is 1. The SMILES string of the molecule is CN=C(NCc1ccc(OC)cc1)NCC(Cc1ccc(F)cc1)C(N)=O.I. The van der Waals surface area contributed by atoms with Gasteiger partial charge in [-0.25, -0.2) is 4.39 Å². The van der Waals surface area contributed by atoms with E-state index in [0.717, 1.165) is 16.9 Å². The van der Waals surface area contributed by atoms with Crippen molar-refractivity contribution in [1.82, 2.24) is 10.6 Å². The van der Waals surface area contributed by atoms with E-state index in [-0.39, 0.29) is 29.8 Å². The smallest absolute Gasteiger partial charge is 0.222 e. The van der Waals surface area contributed by atoms with Crippen molar-refractivity contribution in [2.45, 2.75) is 13.0 Å². The minimum absolute atomic E-state index is 0. The number of guanidine groups is 1. The van der Waals surface area contributed by atoms with E-state index in [2.05, 4.69) is 15.6 Å². The van der Waals surface area contributed by atoms with Gasteiger partial charge in [-0.3, -0.25) is 9.79 Å². The van der Waals surface area contributed by atoms with E-state index in [0.29, 0.717) is 25.5 Å². The maximum absolute atomic E-state index is 13.0. The van der Waals surface area contributed by atoms with Crippen LogP contribution in [0.2, 0.25) is 0 Å². The number of benzene rings is 2. The molecule has 0 aromatic heterocycles. The van der Waals surface area contributed by atoms with Crippen molar-refractivity contribution < 1.29 is 13.9 Å². The Morgan fingerprint density at radius 2 is 1.71 bits per heavy atom. The third kappa shape index (κ3) is 7.71. The summed E-state index contributed by atoms with van der Waals surface area (Å²) in [6.45, 7) is 0.901. The van der Waals surface area contributed by atoms with Crippen molar-refractivity contribution in [2.24, 2.45) is 16.6 Å². The van der Waals surface area contributed by atoms with E-state index in [1.54, 1.807) is 26.3 Å². The Kier molecular flexibility index (Phi) is 10.3. The summed E-state index contributed by atoms with van der Waals surface area (Å²) < 4.78 is 18.2. The van der Waals surface area contributed by atoms with Gasteiger partial charge in [0.25, 0.3) is 0 Å². The molecular formula is C20H26FIN4O2. The average Bonchev–Trinajstić information content (AvgIpc) is 2.68. The second-order valence-corrected chi connectivity index (χ2v) is 6.08. The highest BCUT2D eigenvalue weighted by molar-refractivity contribution is 14.0. The topological polar surface area (TPSA) is 88.7 Å². The van der Waals surface area contributed by atoms with E-state index in [9.17, 15) is 9.18 Å². The minimum atomic E-state index is -0.435. The van der Waals surface area contributed by atoms with Crippen LogP contribution in [0.3, 0.4) is 0 Å². The lowest BCUT2D eigenvalue weighted by Crippen LogP contribution is -2.42. The van der Waals surface area contributed by atoms with Crippen molar-refractivity contribution in [2.75, 3.05) is 20.7 Å². The number of carbonyl (C=O) groups is 1. The first-order valence-electron chi connectivity index (χ1n) is 8.63. The van der Waals surface area contributed by atoms with E-state index in [4.69, 9.17) is 10.5 Å². The summed E-state index contributed by atoms with van der Waals surface area (Å²) in [5.41, 5.74) is 7.43. The Labute approximate surface area is 181 Å². The number of halogens is 2. The first-order valence-corrected chi connectivity index (χ1v) is 8.63. The monoisotopic (exact) mass is 500 g/mol. The number of ether oxygens (including phenoxy) is 1. The normalized spacial score (nSPS) is 11.9. The van der Waals surface area contributed by atoms with Crippen LogP contribution in [0.4, 0.5) is 4.39 Å². The van der Waals surface area contributed by atoms with Crippen molar-refractivity contribution >= 4 is 35.8 Å². The van der Waals surface area contributed by atoms with Gasteiger partial charge in [0.15, 0.2) is 5.96 Å². The fourth-order valence-electron chi connectivity index (χ4n) is 2.55.